The van der Waals surface area contributed by atoms with Crippen LogP contribution in [0.2, 0.25) is 5.02 Å². The van der Waals surface area contributed by atoms with Crippen LogP contribution in [0.15, 0.2) is 81.4 Å². The Morgan fingerprint density at radius 2 is 1.21 bits per heavy atom. The summed E-state index contributed by atoms with van der Waals surface area (Å²) in [4.78, 5) is 0.638. The van der Waals surface area contributed by atoms with Gasteiger partial charge in [0.15, 0.2) is 0 Å². The molecule has 2 N–H and O–H groups in total. The number of anilines is 2. The maximum atomic E-state index is 13.0. The van der Waals surface area contributed by atoms with Crippen molar-refractivity contribution in [2.75, 3.05) is 15.7 Å². The lowest BCUT2D eigenvalue weighted by Crippen LogP contribution is -2.15. The molecule has 33 heavy (non-hydrogen) atoms. The number of sulfonamides is 2. The van der Waals surface area contributed by atoms with Crippen molar-refractivity contribution in [1.29, 1.82) is 0 Å². The van der Waals surface area contributed by atoms with Gasteiger partial charge in [-0.1, -0.05) is 11.6 Å². The van der Waals surface area contributed by atoms with Crippen LogP contribution in [0.25, 0.3) is 0 Å². The normalized spacial score (nSPS) is 12.4. The van der Waals surface area contributed by atoms with E-state index in [2.05, 4.69) is 9.44 Å². The Morgan fingerprint density at radius 1 is 0.758 bits per heavy atom. The van der Waals surface area contributed by atoms with Crippen molar-refractivity contribution >= 4 is 54.8 Å². The van der Waals surface area contributed by atoms with E-state index in [9.17, 15) is 30.0 Å². The Kier molecular flexibility index (Phi) is 7.22. The van der Waals surface area contributed by atoms with Crippen LogP contribution >= 0.6 is 23.4 Å². The SMILES string of the molecule is CSc1ccc(S(=O)(=O)Nc2ccc(S(=O)(=O)Nc3ccc(Cl)c(C(F)(F)F)c3)cc2)cc1. The number of rotatable bonds is 7. The van der Waals surface area contributed by atoms with E-state index >= 15 is 0 Å². The zero-order chi connectivity index (χ0) is 24.4. The molecule has 0 heterocycles. The Bertz CT molecular complexity index is 1360. The van der Waals surface area contributed by atoms with Crippen LogP contribution in [0.1, 0.15) is 5.56 Å². The Hall–Kier alpha value is -2.41. The molecule has 0 fully saturated rings. The molecule has 0 aromatic heterocycles. The summed E-state index contributed by atoms with van der Waals surface area (Å²) in [6.45, 7) is 0. The second-order valence-electron chi connectivity index (χ2n) is 6.60. The highest BCUT2D eigenvalue weighted by atomic mass is 35.5. The lowest BCUT2D eigenvalue weighted by atomic mass is 10.2. The van der Waals surface area contributed by atoms with Gasteiger partial charge in [-0.3, -0.25) is 9.44 Å². The van der Waals surface area contributed by atoms with E-state index in [1.807, 2.05) is 6.26 Å². The molecular weight excluding hydrogens is 521 g/mol. The summed E-state index contributed by atoms with van der Waals surface area (Å²) in [6.07, 6.45) is -2.90. The third kappa shape index (κ3) is 6.14. The smallest absolute Gasteiger partial charge is 0.280 e. The van der Waals surface area contributed by atoms with Crippen LogP contribution in [0, 0.1) is 0 Å². The quantitative estimate of drug-likeness (QED) is 0.379. The molecule has 3 rings (SSSR count). The van der Waals surface area contributed by atoms with Gasteiger partial charge < -0.3 is 0 Å². The summed E-state index contributed by atoms with van der Waals surface area (Å²) in [6, 6.07) is 13.5. The zero-order valence-corrected chi connectivity index (χ0v) is 19.9. The van der Waals surface area contributed by atoms with Crippen LogP contribution in [0.4, 0.5) is 24.5 Å². The third-order valence-corrected chi connectivity index (χ3v) is 8.18. The van der Waals surface area contributed by atoms with Crippen molar-refractivity contribution < 1.29 is 30.0 Å². The van der Waals surface area contributed by atoms with Crippen molar-refractivity contribution in [3.63, 3.8) is 0 Å². The molecule has 0 aliphatic heterocycles. The van der Waals surface area contributed by atoms with Gasteiger partial charge in [0.05, 0.1) is 20.4 Å². The van der Waals surface area contributed by atoms with E-state index in [1.165, 1.54) is 36.0 Å². The summed E-state index contributed by atoms with van der Waals surface area (Å²) in [5.41, 5.74) is -1.40. The number of nitrogens with one attached hydrogen (secondary N) is 2. The van der Waals surface area contributed by atoms with E-state index in [-0.39, 0.29) is 21.2 Å². The first-order valence-electron chi connectivity index (χ1n) is 8.98. The lowest BCUT2D eigenvalue weighted by Gasteiger charge is -2.13. The Morgan fingerprint density at radius 3 is 1.70 bits per heavy atom. The number of thioether (sulfide) groups is 1. The summed E-state index contributed by atoms with van der Waals surface area (Å²) < 4.78 is 93.6. The predicted octanol–water partition coefficient (Wildman–Crippen LogP) is 5.68. The zero-order valence-electron chi connectivity index (χ0n) is 16.7. The average Bonchev–Trinajstić information content (AvgIpc) is 2.74. The van der Waals surface area contributed by atoms with Crippen LogP contribution < -0.4 is 9.44 Å². The van der Waals surface area contributed by atoms with E-state index in [0.29, 0.717) is 6.07 Å². The van der Waals surface area contributed by atoms with Gasteiger partial charge >= 0.3 is 6.18 Å². The van der Waals surface area contributed by atoms with Crippen molar-refractivity contribution in [2.45, 2.75) is 20.9 Å². The van der Waals surface area contributed by atoms with Gasteiger partial charge in [-0.15, -0.1) is 11.8 Å². The van der Waals surface area contributed by atoms with Crippen LogP contribution in [-0.2, 0) is 26.2 Å². The molecule has 0 aliphatic carbocycles. The molecule has 0 saturated heterocycles. The fourth-order valence-corrected chi connectivity index (χ4v) is 5.43. The standard InChI is InChI=1S/C20H16ClF3N2O4S3/c1-31-15-5-9-17(10-6-15)32(27,28)25-13-2-7-16(8-3-13)33(29,30)26-14-4-11-19(21)18(12-14)20(22,23)24/h2-12,25-26H,1H3. The molecule has 0 spiro atoms. The fourth-order valence-electron chi connectivity index (χ4n) is 2.69. The van der Waals surface area contributed by atoms with Gasteiger partial charge in [-0.05, 0) is 73.0 Å². The predicted molar refractivity (Wildman–Crippen MR) is 123 cm³/mol. The topological polar surface area (TPSA) is 92.3 Å². The van der Waals surface area contributed by atoms with Crippen molar-refractivity contribution in [3.8, 4) is 0 Å². The molecule has 6 nitrogen and oxygen atoms in total. The molecule has 0 saturated carbocycles. The third-order valence-electron chi connectivity index (χ3n) is 4.31. The molecule has 13 heteroatoms. The molecule has 0 atom stereocenters. The largest absolute Gasteiger partial charge is 0.417 e. The number of hydrogen-bond donors (Lipinski definition) is 2. The molecule has 0 radical (unpaired) electrons. The van der Waals surface area contributed by atoms with Crippen LogP contribution in [-0.4, -0.2) is 23.1 Å². The lowest BCUT2D eigenvalue weighted by molar-refractivity contribution is -0.137. The highest BCUT2D eigenvalue weighted by Gasteiger charge is 2.33. The van der Waals surface area contributed by atoms with E-state index in [1.54, 1.807) is 12.1 Å². The molecule has 0 unspecified atom stereocenters. The number of hydrogen-bond acceptors (Lipinski definition) is 5. The highest BCUT2D eigenvalue weighted by Crippen LogP contribution is 2.36. The van der Waals surface area contributed by atoms with Gasteiger partial charge in [0.2, 0.25) is 0 Å². The molecule has 3 aromatic rings. The minimum atomic E-state index is -4.76. The summed E-state index contributed by atoms with van der Waals surface area (Å²) in [7, 11) is -8.15. The second kappa shape index (κ2) is 9.45. The minimum Gasteiger partial charge on any atom is -0.280 e. The number of benzene rings is 3. The van der Waals surface area contributed by atoms with Gasteiger partial charge in [0.25, 0.3) is 20.0 Å². The van der Waals surface area contributed by atoms with Gasteiger partial charge in [-0.25, -0.2) is 16.8 Å². The van der Waals surface area contributed by atoms with Crippen LogP contribution in [0.3, 0.4) is 0 Å². The minimum absolute atomic E-state index is 0.0295. The molecule has 0 bridgehead atoms. The molecule has 0 aliphatic rings. The summed E-state index contributed by atoms with van der Waals surface area (Å²) in [5.74, 6) is 0. The summed E-state index contributed by atoms with van der Waals surface area (Å²) in [5, 5.41) is -0.565. The van der Waals surface area contributed by atoms with E-state index < -0.39 is 36.8 Å². The summed E-state index contributed by atoms with van der Waals surface area (Å²) >= 11 is 7.00. The van der Waals surface area contributed by atoms with E-state index in [4.69, 9.17) is 11.6 Å². The monoisotopic (exact) mass is 536 g/mol. The maximum Gasteiger partial charge on any atom is 0.417 e. The Balaban J connectivity index is 1.79. The first kappa shape index (κ1) is 25.2. The molecule has 3 aromatic carbocycles. The van der Waals surface area contributed by atoms with Gasteiger partial charge in [0.1, 0.15) is 0 Å². The molecule has 176 valence electrons. The number of alkyl halides is 3. The average molecular weight is 537 g/mol. The van der Waals surface area contributed by atoms with E-state index in [0.717, 1.165) is 29.2 Å². The molecule has 0 amide bonds. The van der Waals surface area contributed by atoms with Crippen LogP contribution in [0.5, 0.6) is 0 Å². The maximum absolute atomic E-state index is 13.0. The van der Waals surface area contributed by atoms with Gasteiger partial charge in [-0.2, -0.15) is 13.2 Å². The van der Waals surface area contributed by atoms with Crippen molar-refractivity contribution in [1.82, 2.24) is 0 Å². The van der Waals surface area contributed by atoms with Gasteiger partial charge in [0, 0.05) is 16.3 Å². The fraction of sp³-hybridized carbons (Fsp3) is 0.100. The molecular formula is C20H16ClF3N2O4S3. The first-order valence-corrected chi connectivity index (χ1v) is 13.6. The first-order chi connectivity index (χ1) is 15.3. The van der Waals surface area contributed by atoms with Crippen molar-refractivity contribution in [3.05, 3.63) is 77.3 Å². The number of halogens is 4. The highest BCUT2D eigenvalue weighted by molar-refractivity contribution is 7.98. The second-order valence-corrected chi connectivity index (χ2v) is 11.3. The van der Waals surface area contributed by atoms with Crippen molar-refractivity contribution in [2.24, 2.45) is 0 Å². The Labute approximate surface area is 198 Å².